The van der Waals surface area contributed by atoms with Crippen LogP contribution in [0.3, 0.4) is 0 Å². The Morgan fingerprint density at radius 2 is 2.50 bits per heavy atom. The van der Waals surface area contributed by atoms with Crippen LogP contribution in [0, 0.1) is 12.3 Å². The second kappa shape index (κ2) is 1.46. The molecule has 0 aromatic carbocycles. The molecule has 0 amide bonds. The summed E-state index contributed by atoms with van der Waals surface area (Å²) < 4.78 is 0. The van der Waals surface area contributed by atoms with Crippen LogP contribution in [0.25, 0.3) is 0 Å². The molecule has 1 saturated carbocycles. The van der Waals surface area contributed by atoms with Crippen molar-refractivity contribution in [2.75, 3.05) is 0 Å². The smallest absolute Gasteiger partial charge is 0.0199 e. The van der Waals surface area contributed by atoms with Gasteiger partial charge in [0.1, 0.15) is 0 Å². The molecular weight excluding hydrogens is 72.1 g/mol. The Morgan fingerprint density at radius 1 is 1.83 bits per heavy atom. The molecule has 1 fully saturated rings. The molecule has 0 bridgehead atoms. The van der Waals surface area contributed by atoms with Crippen molar-refractivity contribution in [1.82, 2.24) is 0 Å². The molecule has 0 N–H and O–H groups in total. The molecule has 1 unspecified atom stereocenters. The van der Waals surface area contributed by atoms with E-state index >= 15 is 0 Å². The monoisotopic (exact) mass is 81.1 g/mol. The third kappa shape index (κ3) is 0.852. The van der Waals surface area contributed by atoms with Crippen molar-refractivity contribution < 1.29 is 0 Å². The molecular formula is C6H9. The van der Waals surface area contributed by atoms with Gasteiger partial charge < -0.3 is 0 Å². The van der Waals surface area contributed by atoms with Gasteiger partial charge in [-0.3, -0.25) is 0 Å². The van der Waals surface area contributed by atoms with Gasteiger partial charge in [0.25, 0.3) is 0 Å². The minimum absolute atomic E-state index is 0.843. The molecule has 0 aromatic heterocycles. The summed E-state index contributed by atoms with van der Waals surface area (Å²) in [5.74, 6) is 0.843. The van der Waals surface area contributed by atoms with Crippen molar-refractivity contribution in [3.8, 4) is 0 Å². The largest absolute Gasteiger partial charge is 0.0914 e. The molecule has 6 heavy (non-hydrogen) atoms. The lowest BCUT2D eigenvalue weighted by atomic mass is 10.4. The van der Waals surface area contributed by atoms with Crippen molar-refractivity contribution in [2.24, 2.45) is 5.92 Å². The Kier molecular flexibility index (Phi) is 0.952. The van der Waals surface area contributed by atoms with Crippen LogP contribution in [0.4, 0.5) is 0 Å². The second-order valence-electron chi connectivity index (χ2n) is 1.66. The van der Waals surface area contributed by atoms with Gasteiger partial charge in [-0.15, -0.1) is 0 Å². The van der Waals surface area contributed by atoms with E-state index in [0.717, 1.165) is 5.92 Å². The minimum atomic E-state index is 0.843. The van der Waals surface area contributed by atoms with E-state index in [1.54, 1.807) is 0 Å². The highest BCUT2D eigenvalue weighted by atomic mass is 14.2. The maximum absolute atomic E-state index is 2.29. The lowest BCUT2D eigenvalue weighted by molar-refractivity contribution is 1.15. The first-order chi connectivity index (χ1) is 2.93. The Balaban J connectivity index is 2.15. The van der Waals surface area contributed by atoms with Gasteiger partial charge in [-0.1, -0.05) is 12.2 Å². The van der Waals surface area contributed by atoms with Gasteiger partial charge in [-0.2, -0.15) is 0 Å². The van der Waals surface area contributed by atoms with E-state index in [2.05, 4.69) is 25.5 Å². The molecule has 1 atom stereocenters. The molecule has 0 heterocycles. The zero-order valence-electron chi connectivity index (χ0n) is 4.02. The SMILES string of the molecule is CC=CC1[CH]C1. The summed E-state index contributed by atoms with van der Waals surface area (Å²) in [5, 5.41) is 0. The topological polar surface area (TPSA) is 0 Å². The number of rotatable bonds is 1. The number of hydrogen-bond acceptors (Lipinski definition) is 0. The van der Waals surface area contributed by atoms with Gasteiger partial charge in [0.05, 0.1) is 0 Å². The van der Waals surface area contributed by atoms with E-state index in [4.69, 9.17) is 0 Å². The number of hydrogen-bond donors (Lipinski definition) is 0. The normalized spacial score (nSPS) is 22.8. The summed E-state index contributed by atoms with van der Waals surface area (Å²) in [4.78, 5) is 0. The average Bonchev–Trinajstić information content (AvgIpc) is 2.21. The average molecular weight is 81.1 g/mol. The van der Waals surface area contributed by atoms with Gasteiger partial charge in [0, 0.05) is 0 Å². The zero-order chi connectivity index (χ0) is 4.41. The molecule has 1 rings (SSSR count). The van der Waals surface area contributed by atoms with Crippen LogP contribution in [-0.4, -0.2) is 0 Å². The highest BCUT2D eigenvalue weighted by Crippen LogP contribution is 2.28. The summed E-state index contributed by atoms with van der Waals surface area (Å²) in [6, 6.07) is 0. The van der Waals surface area contributed by atoms with E-state index in [-0.39, 0.29) is 0 Å². The Bertz CT molecular complexity index is 58.4. The summed E-state index contributed by atoms with van der Waals surface area (Å²) >= 11 is 0. The van der Waals surface area contributed by atoms with Crippen molar-refractivity contribution in [1.29, 1.82) is 0 Å². The zero-order valence-corrected chi connectivity index (χ0v) is 4.02. The van der Waals surface area contributed by atoms with Crippen LogP contribution < -0.4 is 0 Å². The van der Waals surface area contributed by atoms with Crippen LogP contribution in [-0.2, 0) is 0 Å². The predicted molar refractivity (Wildman–Crippen MR) is 27.2 cm³/mol. The standard InChI is InChI=1S/C6H9/c1-2-3-6-4-5-6/h2-4,6H,5H2,1H3. The van der Waals surface area contributed by atoms with Crippen molar-refractivity contribution in [2.45, 2.75) is 13.3 Å². The van der Waals surface area contributed by atoms with Crippen molar-refractivity contribution in [3.05, 3.63) is 18.6 Å². The van der Waals surface area contributed by atoms with Gasteiger partial charge in [0.2, 0.25) is 0 Å². The first-order valence-corrected chi connectivity index (χ1v) is 2.39. The van der Waals surface area contributed by atoms with Gasteiger partial charge >= 0.3 is 0 Å². The molecule has 1 aliphatic carbocycles. The van der Waals surface area contributed by atoms with Gasteiger partial charge in [-0.25, -0.2) is 0 Å². The summed E-state index contributed by atoms with van der Waals surface area (Å²) in [6.07, 6.45) is 7.93. The van der Waals surface area contributed by atoms with Crippen LogP contribution in [0.2, 0.25) is 0 Å². The molecule has 1 radical (unpaired) electrons. The Hall–Kier alpha value is -0.260. The van der Waals surface area contributed by atoms with E-state index in [1.807, 2.05) is 0 Å². The van der Waals surface area contributed by atoms with Crippen LogP contribution in [0.1, 0.15) is 13.3 Å². The molecule has 0 nitrogen and oxygen atoms in total. The van der Waals surface area contributed by atoms with Crippen molar-refractivity contribution >= 4 is 0 Å². The summed E-state index contributed by atoms with van der Waals surface area (Å²) in [7, 11) is 0. The molecule has 0 heteroatoms. The fourth-order valence-electron chi connectivity index (χ4n) is 0.483. The Labute approximate surface area is 38.9 Å². The molecule has 0 spiro atoms. The first kappa shape index (κ1) is 3.91. The van der Waals surface area contributed by atoms with E-state index in [1.165, 1.54) is 6.42 Å². The summed E-state index contributed by atoms with van der Waals surface area (Å²) in [5.41, 5.74) is 0. The van der Waals surface area contributed by atoms with E-state index in [9.17, 15) is 0 Å². The van der Waals surface area contributed by atoms with Gasteiger partial charge in [0.15, 0.2) is 0 Å². The van der Waals surface area contributed by atoms with Crippen molar-refractivity contribution in [3.63, 3.8) is 0 Å². The molecule has 0 aromatic rings. The quantitative estimate of drug-likeness (QED) is 0.422. The lowest BCUT2D eigenvalue weighted by Crippen LogP contribution is -1.55. The second-order valence-corrected chi connectivity index (χ2v) is 1.66. The molecule has 0 saturated heterocycles. The van der Waals surface area contributed by atoms with Crippen LogP contribution in [0.5, 0.6) is 0 Å². The first-order valence-electron chi connectivity index (χ1n) is 2.39. The Morgan fingerprint density at radius 3 is 2.67 bits per heavy atom. The highest BCUT2D eigenvalue weighted by Gasteiger charge is 2.16. The van der Waals surface area contributed by atoms with Crippen LogP contribution in [0.15, 0.2) is 12.2 Å². The third-order valence-electron chi connectivity index (χ3n) is 0.948. The van der Waals surface area contributed by atoms with E-state index < -0.39 is 0 Å². The molecule has 33 valence electrons. The molecule has 1 aliphatic rings. The van der Waals surface area contributed by atoms with E-state index in [0.29, 0.717) is 0 Å². The summed E-state index contributed by atoms with van der Waals surface area (Å²) in [6.45, 7) is 2.06. The maximum Gasteiger partial charge on any atom is -0.0199 e. The predicted octanol–water partition coefficient (Wildman–Crippen LogP) is 1.79. The highest BCUT2D eigenvalue weighted by molar-refractivity contribution is 5.07. The maximum atomic E-state index is 2.29. The number of allylic oxidation sites excluding steroid dienone is 2. The minimum Gasteiger partial charge on any atom is -0.0914 e. The lowest BCUT2D eigenvalue weighted by Gasteiger charge is -1.69. The fraction of sp³-hybridized carbons (Fsp3) is 0.500. The van der Waals surface area contributed by atoms with Crippen LogP contribution >= 0.6 is 0 Å². The van der Waals surface area contributed by atoms with Gasteiger partial charge in [-0.05, 0) is 25.7 Å². The fourth-order valence-corrected chi connectivity index (χ4v) is 0.483. The molecule has 0 aliphatic heterocycles. The third-order valence-corrected chi connectivity index (χ3v) is 0.948.